The molecule has 4 heteroatoms. The normalized spacial score (nSPS) is 12.2. The second kappa shape index (κ2) is 6.89. The largest absolute Gasteiger partial charge is 0.366 e. The fraction of sp³-hybridized carbons (Fsp3) is 0.188. The molecule has 2 aromatic rings. The van der Waals surface area contributed by atoms with Gasteiger partial charge in [0.2, 0.25) is 0 Å². The maximum absolute atomic E-state index is 12.6. The molecule has 2 nitrogen and oxygen atoms in total. The Morgan fingerprint density at radius 3 is 2.50 bits per heavy atom. The molecule has 104 valence electrons. The monoisotopic (exact) mass is 308 g/mol. The van der Waals surface area contributed by atoms with Crippen LogP contribution < -0.4 is 0 Å². The van der Waals surface area contributed by atoms with Crippen LogP contribution in [0.3, 0.4) is 0 Å². The molecule has 0 saturated carbocycles. The lowest BCUT2D eigenvalue weighted by Gasteiger charge is -2.17. The van der Waals surface area contributed by atoms with Crippen LogP contribution in [0.4, 0.5) is 0 Å². The summed E-state index contributed by atoms with van der Waals surface area (Å²) in [4.78, 5) is 12.6. The molecule has 0 aliphatic heterocycles. The average Bonchev–Trinajstić information content (AvgIpc) is 2.47. The number of ketones is 1. The standard InChI is InChI=1S/C16H14Cl2O2/c1-2-20-16(11-6-4-3-5-7-11)15(19)13-10-12(17)8-9-14(13)18/h3-10,16H,2H2,1H3. The molecular formula is C16H14Cl2O2. The van der Waals surface area contributed by atoms with Crippen LogP contribution in [0.15, 0.2) is 48.5 Å². The first-order valence-corrected chi connectivity index (χ1v) is 7.05. The summed E-state index contributed by atoms with van der Waals surface area (Å²) < 4.78 is 5.59. The summed E-state index contributed by atoms with van der Waals surface area (Å²) in [6.45, 7) is 2.28. The highest BCUT2D eigenvalue weighted by molar-refractivity contribution is 6.36. The summed E-state index contributed by atoms with van der Waals surface area (Å²) in [5.74, 6) is -0.189. The highest BCUT2D eigenvalue weighted by Crippen LogP contribution is 2.28. The Kier molecular flexibility index (Phi) is 5.18. The number of rotatable bonds is 5. The van der Waals surface area contributed by atoms with E-state index in [0.29, 0.717) is 22.2 Å². The highest BCUT2D eigenvalue weighted by atomic mass is 35.5. The van der Waals surface area contributed by atoms with Crippen molar-refractivity contribution in [3.8, 4) is 0 Å². The number of carbonyl (C=O) groups is 1. The molecule has 0 amide bonds. The van der Waals surface area contributed by atoms with Gasteiger partial charge in [0, 0.05) is 17.2 Å². The molecule has 2 aromatic carbocycles. The minimum absolute atomic E-state index is 0.189. The van der Waals surface area contributed by atoms with Gasteiger partial charge in [-0.15, -0.1) is 0 Å². The maximum Gasteiger partial charge on any atom is 0.197 e. The van der Waals surface area contributed by atoms with Crippen molar-refractivity contribution in [2.24, 2.45) is 0 Å². The number of halogens is 2. The average molecular weight is 309 g/mol. The van der Waals surface area contributed by atoms with E-state index >= 15 is 0 Å². The molecule has 0 spiro atoms. The third kappa shape index (κ3) is 3.40. The van der Waals surface area contributed by atoms with E-state index in [4.69, 9.17) is 27.9 Å². The second-order valence-electron chi connectivity index (χ2n) is 4.23. The maximum atomic E-state index is 12.6. The van der Waals surface area contributed by atoms with E-state index in [9.17, 15) is 4.79 Å². The van der Waals surface area contributed by atoms with Crippen LogP contribution in [0, 0.1) is 0 Å². The van der Waals surface area contributed by atoms with Gasteiger partial charge < -0.3 is 4.74 Å². The van der Waals surface area contributed by atoms with Crippen LogP contribution >= 0.6 is 23.2 Å². The molecule has 0 saturated heterocycles. The van der Waals surface area contributed by atoms with Gasteiger partial charge in [0.1, 0.15) is 6.10 Å². The molecule has 0 aliphatic rings. The number of carbonyl (C=O) groups excluding carboxylic acids is 1. The van der Waals surface area contributed by atoms with Gasteiger partial charge in [0.15, 0.2) is 5.78 Å². The summed E-state index contributed by atoms with van der Waals surface area (Å²) in [6.07, 6.45) is -0.669. The Hall–Kier alpha value is -1.35. The van der Waals surface area contributed by atoms with E-state index in [-0.39, 0.29) is 5.78 Å². The molecule has 0 heterocycles. The van der Waals surface area contributed by atoms with Gasteiger partial charge in [-0.2, -0.15) is 0 Å². The molecule has 0 aliphatic carbocycles. The van der Waals surface area contributed by atoms with Crippen molar-refractivity contribution in [3.05, 3.63) is 69.7 Å². The molecule has 20 heavy (non-hydrogen) atoms. The molecule has 1 unspecified atom stereocenters. The Morgan fingerprint density at radius 2 is 1.85 bits per heavy atom. The predicted octanol–water partition coefficient (Wildman–Crippen LogP) is 4.95. The summed E-state index contributed by atoms with van der Waals surface area (Å²) in [5.41, 5.74) is 1.18. The zero-order valence-electron chi connectivity index (χ0n) is 11.0. The second-order valence-corrected chi connectivity index (χ2v) is 5.08. The first kappa shape index (κ1) is 15.0. The van der Waals surface area contributed by atoms with E-state index in [1.807, 2.05) is 37.3 Å². The topological polar surface area (TPSA) is 26.3 Å². The summed E-state index contributed by atoms with van der Waals surface area (Å²) in [5, 5.41) is 0.848. The fourth-order valence-corrected chi connectivity index (χ4v) is 2.33. The van der Waals surface area contributed by atoms with Gasteiger partial charge in [-0.1, -0.05) is 53.5 Å². The van der Waals surface area contributed by atoms with E-state index in [2.05, 4.69) is 0 Å². The lowest BCUT2D eigenvalue weighted by molar-refractivity contribution is 0.0452. The molecule has 0 bridgehead atoms. The van der Waals surface area contributed by atoms with Crippen LogP contribution in [0.2, 0.25) is 10.0 Å². The first-order valence-electron chi connectivity index (χ1n) is 6.29. The van der Waals surface area contributed by atoms with Crippen molar-refractivity contribution < 1.29 is 9.53 Å². The highest BCUT2D eigenvalue weighted by Gasteiger charge is 2.24. The smallest absolute Gasteiger partial charge is 0.197 e. The van der Waals surface area contributed by atoms with Crippen molar-refractivity contribution in [3.63, 3.8) is 0 Å². The van der Waals surface area contributed by atoms with Crippen LogP contribution in [-0.2, 0) is 4.74 Å². The minimum atomic E-state index is -0.669. The fourth-order valence-electron chi connectivity index (χ4n) is 1.95. The SMILES string of the molecule is CCOC(C(=O)c1cc(Cl)ccc1Cl)c1ccccc1. The van der Waals surface area contributed by atoms with E-state index < -0.39 is 6.10 Å². The van der Waals surface area contributed by atoms with E-state index in [1.54, 1.807) is 18.2 Å². The quantitative estimate of drug-likeness (QED) is 0.730. The van der Waals surface area contributed by atoms with Gasteiger partial charge in [-0.3, -0.25) is 4.79 Å². The predicted molar refractivity (Wildman–Crippen MR) is 81.6 cm³/mol. The Labute approximate surface area is 128 Å². The number of ether oxygens (including phenoxy) is 1. The number of benzene rings is 2. The molecule has 0 fully saturated rings. The lowest BCUT2D eigenvalue weighted by atomic mass is 10.00. The van der Waals surface area contributed by atoms with Crippen molar-refractivity contribution in [2.45, 2.75) is 13.0 Å². The summed E-state index contributed by atoms with van der Waals surface area (Å²) >= 11 is 12.0. The van der Waals surface area contributed by atoms with E-state index in [1.165, 1.54) is 0 Å². The molecule has 0 radical (unpaired) electrons. The van der Waals surface area contributed by atoms with Crippen LogP contribution in [-0.4, -0.2) is 12.4 Å². The molecule has 2 rings (SSSR count). The van der Waals surface area contributed by atoms with Gasteiger partial charge in [0.05, 0.1) is 5.02 Å². The molecular weight excluding hydrogens is 295 g/mol. The van der Waals surface area contributed by atoms with Crippen LogP contribution in [0.25, 0.3) is 0 Å². The van der Waals surface area contributed by atoms with Crippen molar-refractivity contribution in [2.75, 3.05) is 6.61 Å². The van der Waals surface area contributed by atoms with Crippen molar-refractivity contribution in [1.29, 1.82) is 0 Å². The molecule has 0 N–H and O–H groups in total. The number of hydrogen-bond acceptors (Lipinski definition) is 2. The van der Waals surface area contributed by atoms with Crippen molar-refractivity contribution in [1.82, 2.24) is 0 Å². The third-order valence-electron chi connectivity index (χ3n) is 2.87. The summed E-state index contributed by atoms with van der Waals surface area (Å²) in [6, 6.07) is 14.2. The van der Waals surface area contributed by atoms with Gasteiger partial charge in [0.25, 0.3) is 0 Å². The summed E-state index contributed by atoms with van der Waals surface area (Å²) in [7, 11) is 0. The van der Waals surface area contributed by atoms with Crippen LogP contribution in [0.1, 0.15) is 28.9 Å². The van der Waals surface area contributed by atoms with Gasteiger partial charge in [-0.05, 0) is 30.7 Å². The lowest BCUT2D eigenvalue weighted by Crippen LogP contribution is -2.17. The van der Waals surface area contributed by atoms with Crippen molar-refractivity contribution >= 4 is 29.0 Å². The zero-order valence-corrected chi connectivity index (χ0v) is 12.5. The minimum Gasteiger partial charge on any atom is -0.366 e. The molecule has 1 atom stereocenters. The Bertz CT molecular complexity index is 597. The first-order chi connectivity index (χ1) is 9.63. The Morgan fingerprint density at radius 1 is 1.15 bits per heavy atom. The third-order valence-corrected chi connectivity index (χ3v) is 3.43. The number of hydrogen-bond donors (Lipinski definition) is 0. The van der Waals surface area contributed by atoms with Gasteiger partial charge >= 0.3 is 0 Å². The zero-order chi connectivity index (χ0) is 14.5. The van der Waals surface area contributed by atoms with Gasteiger partial charge in [-0.25, -0.2) is 0 Å². The van der Waals surface area contributed by atoms with Crippen LogP contribution in [0.5, 0.6) is 0 Å². The van der Waals surface area contributed by atoms with E-state index in [0.717, 1.165) is 5.56 Å². The molecule has 0 aromatic heterocycles. The Balaban J connectivity index is 2.39. The number of Topliss-reactive ketones (excluding diaryl/α,β-unsaturated/α-hetero) is 1.